The van der Waals surface area contributed by atoms with Crippen LogP contribution in [0.5, 0.6) is 0 Å². The van der Waals surface area contributed by atoms with Crippen LogP contribution in [0.3, 0.4) is 0 Å². The molecule has 3 atom stereocenters. The molecule has 3 nitrogen and oxygen atoms in total. The second-order valence-electron chi connectivity index (χ2n) is 7.12. The molecule has 0 aromatic heterocycles. The maximum Gasteiger partial charge on any atom is 0.150 e. The van der Waals surface area contributed by atoms with Gasteiger partial charge in [0.1, 0.15) is 5.78 Å². The Balaban J connectivity index is 2.02. The first-order valence-electron chi connectivity index (χ1n) is 8.77. The summed E-state index contributed by atoms with van der Waals surface area (Å²) in [5.74, 6) is 1.16. The molecule has 1 aromatic carbocycles. The number of rotatable bonds is 6. The number of Topliss-reactive ketones (excluding diaryl/α,β-unsaturated/α-hetero) is 1. The van der Waals surface area contributed by atoms with Gasteiger partial charge in [0, 0.05) is 6.42 Å². The number of carbonyl (C=O) groups excluding carboxylic acids is 1. The fourth-order valence-electron chi connectivity index (χ4n) is 3.25. The van der Waals surface area contributed by atoms with E-state index in [4.69, 9.17) is 5.11 Å². The molecule has 0 bridgehead atoms. The molecule has 0 unspecified atom stereocenters. The molecule has 1 aliphatic heterocycles. The summed E-state index contributed by atoms with van der Waals surface area (Å²) in [6.07, 6.45) is 4.32. The van der Waals surface area contributed by atoms with Crippen LogP contribution >= 0.6 is 0 Å². The van der Waals surface area contributed by atoms with E-state index in [2.05, 4.69) is 43.4 Å². The molecular formula is C21H29NO2. The minimum absolute atomic E-state index is 0.0415. The third-order valence-electron chi connectivity index (χ3n) is 5.08. The van der Waals surface area contributed by atoms with Crippen molar-refractivity contribution in [2.45, 2.75) is 52.5 Å². The summed E-state index contributed by atoms with van der Waals surface area (Å²) in [6.45, 7) is 9.28. The van der Waals surface area contributed by atoms with Crippen molar-refractivity contribution in [2.75, 3.05) is 6.54 Å². The average Bonchev–Trinajstić information content (AvgIpc) is 3.01. The van der Waals surface area contributed by atoms with Gasteiger partial charge >= 0.3 is 0 Å². The van der Waals surface area contributed by atoms with Crippen molar-refractivity contribution < 1.29 is 9.90 Å². The number of hydrogen-bond acceptors (Lipinski definition) is 3. The van der Waals surface area contributed by atoms with Gasteiger partial charge in [-0.15, -0.1) is 0 Å². The van der Waals surface area contributed by atoms with Gasteiger partial charge in [0.05, 0.1) is 12.3 Å². The second kappa shape index (κ2) is 8.29. The van der Waals surface area contributed by atoms with E-state index in [0.717, 1.165) is 35.9 Å². The maximum absolute atomic E-state index is 12.4. The highest BCUT2D eigenvalue weighted by molar-refractivity contribution is 5.85. The minimum atomic E-state index is 0.0415. The molecule has 3 heteroatoms. The molecule has 1 fully saturated rings. The SMILES string of the molecule is CC(/C=C\O)=C(/C)c1ccc([C@H](C)CC(=O)[C@@H]2C[C@@H](C)CN2)cc1. The number of benzene rings is 1. The Morgan fingerprint density at radius 2 is 2.00 bits per heavy atom. The highest BCUT2D eigenvalue weighted by Crippen LogP contribution is 2.25. The van der Waals surface area contributed by atoms with Crippen molar-refractivity contribution >= 4 is 11.4 Å². The summed E-state index contributed by atoms with van der Waals surface area (Å²) in [5, 5.41) is 12.2. The van der Waals surface area contributed by atoms with Gasteiger partial charge in [-0.1, -0.05) is 38.1 Å². The molecule has 0 amide bonds. The zero-order valence-electron chi connectivity index (χ0n) is 15.2. The molecule has 1 saturated heterocycles. The lowest BCUT2D eigenvalue weighted by molar-refractivity contribution is -0.121. The Morgan fingerprint density at radius 1 is 1.33 bits per heavy atom. The molecule has 2 rings (SSSR count). The van der Waals surface area contributed by atoms with E-state index in [0.29, 0.717) is 18.1 Å². The second-order valence-corrected chi connectivity index (χ2v) is 7.12. The highest BCUT2D eigenvalue weighted by atomic mass is 16.2. The van der Waals surface area contributed by atoms with Crippen LogP contribution in [0.4, 0.5) is 0 Å². The van der Waals surface area contributed by atoms with Gasteiger partial charge in [-0.25, -0.2) is 0 Å². The molecular weight excluding hydrogens is 298 g/mol. The molecule has 1 aliphatic rings. The molecule has 0 spiro atoms. The van der Waals surface area contributed by atoms with Gasteiger partial charge in [-0.2, -0.15) is 0 Å². The van der Waals surface area contributed by atoms with Crippen LogP contribution in [0.1, 0.15) is 57.6 Å². The van der Waals surface area contributed by atoms with Gasteiger partial charge in [-0.05, 0) is 67.0 Å². The molecule has 0 radical (unpaired) electrons. The highest BCUT2D eigenvalue weighted by Gasteiger charge is 2.27. The number of ketones is 1. The lowest BCUT2D eigenvalue weighted by atomic mass is 9.91. The van der Waals surface area contributed by atoms with E-state index in [9.17, 15) is 4.79 Å². The first kappa shape index (κ1) is 18.5. The number of hydrogen-bond donors (Lipinski definition) is 2. The monoisotopic (exact) mass is 327 g/mol. The van der Waals surface area contributed by atoms with Gasteiger partial charge in [-0.3, -0.25) is 4.79 Å². The molecule has 1 aromatic rings. The number of aliphatic hydroxyl groups is 1. The van der Waals surface area contributed by atoms with Crippen molar-refractivity contribution in [1.82, 2.24) is 5.32 Å². The molecule has 24 heavy (non-hydrogen) atoms. The Hall–Kier alpha value is -1.87. The molecule has 130 valence electrons. The smallest absolute Gasteiger partial charge is 0.150 e. The zero-order valence-corrected chi connectivity index (χ0v) is 15.2. The van der Waals surface area contributed by atoms with Crippen LogP contribution in [-0.4, -0.2) is 23.5 Å². The molecule has 1 heterocycles. The van der Waals surface area contributed by atoms with Crippen LogP contribution in [0, 0.1) is 5.92 Å². The summed E-state index contributed by atoms with van der Waals surface area (Å²) in [4.78, 5) is 12.4. The fraction of sp³-hybridized carbons (Fsp3) is 0.476. The number of carbonyl (C=O) groups is 1. The zero-order chi connectivity index (χ0) is 17.7. The summed E-state index contributed by atoms with van der Waals surface area (Å²) >= 11 is 0. The Morgan fingerprint density at radius 3 is 2.54 bits per heavy atom. The molecule has 0 aliphatic carbocycles. The van der Waals surface area contributed by atoms with Crippen molar-refractivity contribution in [3.63, 3.8) is 0 Å². The lowest BCUT2D eigenvalue weighted by Crippen LogP contribution is -2.31. The lowest BCUT2D eigenvalue weighted by Gasteiger charge is -2.15. The minimum Gasteiger partial charge on any atom is -0.516 e. The van der Waals surface area contributed by atoms with E-state index in [-0.39, 0.29) is 12.0 Å². The van der Waals surface area contributed by atoms with Crippen LogP contribution in [0.25, 0.3) is 5.57 Å². The molecule has 0 saturated carbocycles. The van der Waals surface area contributed by atoms with E-state index < -0.39 is 0 Å². The quantitative estimate of drug-likeness (QED) is 0.592. The predicted octanol–water partition coefficient (Wildman–Crippen LogP) is 4.61. The summed E-state index contributed by atoms with van der Waals surface area (Å²) in [7, 11) is 0. The third kappa shape index (κ3) is 4.57. The van der Waals surface area contributed by atoms with Gasteiger partial charge in [0.2, 0.25) is 0 Å². The largest absolute Gasteiger partial charge is 0.516 e. The Kier molecular flexibility index (Phi) is 6.38. The summed E-state index contributed by atoms with van der Waals surface area (Å²) in [5.41, 5.74) is 4.51. The van der Waals surface area contributed by atoms with E-state index in [1.807, 2.05) is 13.8 Å². The topological polar surface area (TPSA) is 49.3 Å². The first-order chi connectivity index (χ1) is 11.4. The average molecular weight is 327 g/mol. The van der Waals surface area contributed by atoms with Crippen molar-refractivity contribution in [3.05, 3.63) is 53.3 Å². The fourth-order valence-corrected chi connectivity index (χ4v) is 3.25. The van der Waals surface area contributed by atoms with Crippen molar-refractivity contribution in [3.8, 4) is 0 Å². The van der Waals surface area contributed by atoms with Gasteiger partial charge < -0.3 is 10.4 Å². The van der Waals surface area contributed by atoms with E-state index >= 15 is 0 Å². The third-order valence-corrected chi connectivity index (χ3v) is 5.08. The Labute approximate surface area is 145 Å². The van der Waals surface area contributed by atoms with Crippen LogP contribution in [0.15, 0.2) is 42.2 Å². The van der Waals surface area contributed by atoms with E-state index in [1.165, 1.54) is 5.56 Å². The van der Waals surface area contributed by atoms with Crippen molar-refractivity contribution in [1.29, 1.82) is 0 Å². The first-order valence-corrected chi connectivity index (χ1v) is 8.77. The van der Waals surface area contributed by atoms with Crippen molar-refractivity contribution in [2.24, 2.45) is 5.92 Å². The van der Waals surface area contributed by atoms with Crippen LogP contribution in [0.2, 0.25) is 0 Å². The normalized spacial score (nSPS) is 23.3. The summed E-state index contributed by atoms with van der Waals surface area (Å²) < 4.78 is 0. The molecule has 2 N–H and O–H groups in total. The Bertz CT molecular complexity index is 628. The number of nitrogens with one attached hydrogen (secondary N) is 1. The van der Waals surface area contributed by atoms with Crippen LogP contribution < -0.4 is 5.32 Å². The van der Waals surface area contributed by atoms with Gasteiger partial charge in [0.25, 0.3) is 0 Å². The van der Waals surface area contributed by atoms with E-state index in [1.54, 1.807) is 6.08 Å². The standard InChI is InChI=1S/C21H29NO2/c1-14-11-20(22-13-14)21(24)12-16(3)18-5-7-19(8-6-18)17(4)15(2)9-10-23/h5-10,14,16,20,22-23H,11-13H2,1-4H3/b10-9-,17-15+/t14-,16-,20+/m1/s1. The van der Waals surface area contributed by atoms with Crippen LogP contribution in [-0.2, 0) is 4.79 Å². The predicted molar refractivity (Wildman–Crippen MR) is 100 cm³/mol. The number of aliphatic hydroxyl groups excluding tert-OH is 1. The van der Waals surface area contributed by atoms with Gasteiger partial charge in [0.15, 0.2) is 0 Å². The number of allylic oxidation sites excluding steroid dienone is 3. The maximum atomic E-state index is 12.4. The summed E-state index contributed by atoms with van der Waals surface area (Å²) in [6, 6.07) is 8.45.